The van der Waals surface area contributed by atoms with Crippen molar-refractivity contribution in [2.24, 2.45) is 0 Å². The van der Waals surface area contributed by atoms with Crippen LogP contribution in [0.3, 0.4) is 0 Å². The Kier molecular flexibility index (Phi) is 5.57. The number of halogens is 2. The summed E-state index contributed by atoms with van der Waals surface area (Å²) in [4.78, 5) is 18.3. The molecule has 0 bridgehead atoms. The minimum absolute atomic E-state index is 0.146. The molecule has 0 saturated heterocycles. The van der Waals surface area contributed by atoms with Gasteiger partial charge in [0.05, 0.1) is 10.7 Å². The minimum Gasteiger partial charge on any atom is -0.352 e. The molecule has 3 nitrogen and oxygen atoms in total. The molecular weight excluding hydrogens is 351 g/mol. The van der Waals surface area contributed by atoms with Crippen LogP contribution >= 0.6 is 34.5 Å². The van der Waals surface area contributed by atoms with E-state index in [1.165, 1.54) is 34.8 Å². The van der Waals surface area contributed by atoms with E-state index in [0.717, 1.165) is 19.3 Å². The highest BCUT2D eigenvalue weighted by Gasteiger charge is 2.14. The summed E-state index contributed by atoms with van der Waals surface area (Å²) in [6.45, 7) is 0.618. The van der Waals surface area contributed by atoms with Crippen molar-refractivity contribution in [2.45, 2.75) is 38.5 Å². The largest absolute Gasteiger partial charge is 0.352 e. The molecule has 0 saturated carbocycles. The number of hydrogen-bond acceptors (Lipinski definition) is 3. The van der Waals surface area contributed by atoms with Crippen molar-refractivity contribution in [3.63, 3.8) is 0 Å². The fourth-order valence-corrected chi connectivity index (χ4v) is 4.47. The summed E-state index contributed by atoms with van der Waals surface area (Å²) in [5.41, 5.74) is 1.79. The lowest BCUT2D eigenvalue weighted by Gasteiger charge is -2.06. The molecule has 0 aliphatic heterocycles. The number of aromatic nitrogens is 1. The maximum Gasteiger partial charge on any atom is 0.251 e. The van der Waals surface area contributed by atoms with Crippen molar-refractivity contribution in [1.82, 2.24) is 10.3 Å². The van der Waals surface area contributed by atoms with E-state index < -0.39 is 0 Å². The Bertz CT molecular complexity index is 671. The first-order chi connectivity index (χ1) is 11.1. The van der Waals surface area contributed by atoms with Crippen LogP contribution in [0, 0.1) is 0 Å². The first-order valence-electron chi connectivity index (χ1n) is 7.83. The summed E-state index contributed by atoms with van der Waals surface area (Å²) in [7, 11) is 0. The Labute approximate surface area is 150 Å². The van der Waals surface area contributed by atoms with Crippen molar-refractivity contribution in [3.8, 4) is 0 Å². The number of amides is 1. The zero-order valence-electron chi connectivity index (χ0n) is 12.7. The smallest absolute Gasteiger partial charge is 0.251 e. The predicted octanol–water partition coefficient (Wildman–Crippen LogP) is 4.69. The molecule has 1 aliphatic carbocycles. The Morgan fingerprint density at radius 1 is 1.17 bits per heavy atom. The van der Waals surface area contributed by atoms with E-state index in [-0.39, 0.29) is 5.91 Å². The van der Waals surface area contributed by atoms with Gasteiger partial charge in [0.1, 0.15) is 0 Å². The predicted molar refractivity (Wildman–Crippen MR) is 95.9 cm³/mol. The van der Waals surface area contributed by atoms with Crippen molar-refractivity contribution >= 4 is 40.4 Å². The lowest BCUT2D eigenvalue weighted by atomic mass is 10.0. The topological polar surface area (TPSA) is 42.0 Å². The second kappa shape index (κ2) is 7.65. The number of benzene rings is 1. The van der Waals surface area contributed by atoms with Crippen LogP contribution in [0.2, 0.25) is 10.0 Å². The average Bonchev–Trinajstić information content (AvgIpc) is 2.93. The molecule has 0 unspecified atom stereocenters. The number of nitrogens with one attached hydrogen (secondary N) is 1. The third-order valence-electron chi connectivity index (χ3n) is 3.87. The van der Waals surface area contributed by atoms with Gasteiger partial charge in [-0.15, -0.1) is 11.3 Å². The molecule has 0 fully saturated rings. The van der Waals surface area contributed by atoms with Gasteiger partial charge in [0.25, 0.3) is 5.91 Å². The summed E-state index contributed by atoms with van der Waals surface area (Å²) in [6.07, 6.45) is 6.64. The van der Waals surface area contributed by atoms with Gasteiger partial charge in [0.2, 0.25) is 0 Å². The molecular formula is C17H18Cl2N2OS. The molecule has 122 valence electrons. The Morgan fingerprint density at radius 2 is 1.91 bits per heavy atom. The van der Waals surface area contributed by atoms with Crippen molar-refractivity contribution < 1.29 is 4.79 Å². The number of nitrogens with zero attached hydrogens (tertiary/aromatic N) is 1. The molecule has 1 amide bonds. The summed E-state index contributed by atoms with van der Waals surface area (Å²) < 4.78 is 0. The molecule has 23 heavy (non-hydrogen) atoms. The van der Waals surface area contributed by atoms with E-state index in [1.54, 1.807) is 18.2 Å². The van der Waals surface area contributed by atoms with E-state index >= 15 is 0 Å². The van der Waals surface area contributed by atoms with Gasteiger partial charge in [-0.3, -0.25) is 4.79 Å². The molecule has 2 aromatic rings. The van der Waals surface area contributed by atoms with E-state index in [1.807, 2.05) is 11.3 Å². The Hall–Kier alpha value is -1.10. The Morgan fingerprint density at radius 3 is 2.65 bits per heavy atom. The van der Waals surface area contributed by atoms with Gasteiger partial charge in [-0.2, -0.15) is 0 Å². The summed E-state index contributed by atoms with van der Waals surface area (Å²) in [5.74, 6) is -0.146. The molecule has 0 atom stereocenters. The van der Waals surface area contributed by atoms with Crippen LogP contribution in [0.25, 0.3) is 0 Å². The van der Waals surface area contributed by atoms with Gasteiger partial charge in [-0.25, -0.2) is 4.98 Å². The molecule has 0 spiro atoms. The van der Waals surface area contributed by atoms with Gasteiger partial charge in [-0.05, 0) is 50.3 Å². The summed E-state index contributed by atoms with van der Waals surface area (Å²) in [6, 6.07) is 4.86. The van der Waals surface area contributed by atoms with Crippen LogP contribution in [0.15, 0.2) is 18.2 Å². The quantitative estimate of drug-likeness (QED) is 0.777. The highest BCUT2D eigenvalue weighted by atomic mass is 35.5. The molecule has 1 aromatic carbocycles. The molecule has 3 rings (SSSR count). The van der Waals surface area contributed by atoms with Crippen LogP contribution in [0.4, 0.5) is 0 Å². The number of hydrogen-bond donors (Lipinski definition) is 1. The maximum absolute atomic E-state index is 12.1. The van der Waals surface area contributed by atoms with E-state index in [9.17, 15) is 4.79 Å². The fourth-order valence-electron chi connectivity index (χ4n) is 2.74. The van der Waals surface area contributed by atoms with Gasteiger partial charge < -0.3 is 5.32 Å². The van der Waals surface area contributed by atoms with Crippen molar-refractivity contribution in [1.29, 1.82) is 0 Å². The second-order valence-electron chi connectivity index (χ2n) is 5.70. The van der Waals surface area contributed by atoms with Gasteiger partial charge in [0, 0.05) is 33.5 Å². The number of rotatable bonds is 5. The van der Waals surface area contributed by atoms with Gasteiger partial charge >= 0.3 is 0 Å². The summed E-state index contributed by atoms with van der Waals surface area (Å²) >= 11 is 13.7. The number of thiazole rings is 1. The van der Waals surface area contributed by atoms with Crippen molar-refractivity contribution in [3.05, 3.63) is 49.4 Å². The van der Waals surface area contributed by atoms with Crippen LogP contribution in [0.1, 0.15) is 45.2 Å². The van der Waals surface area contributed by atoms with Gasteiger partial charge in [0.15, 0.2) is 0 Å². The zero-order chi connectivity index (χ0) is 16.2. The SMILES string of the molecule is O=C(NCCCc1nc2c(s1)CCCC2)c1cc(Cl)cc(Cl)c1. The number of carbonyl (C=O) groups is 1. The standard InChI is InChI=1S/C17H18Cl2N2OS/c18-12-8-11(9-13(19)10-12)17(22)20-7-3-6-16-21-14-4-1-2-5-15(14)23-16/h8-10H,1-7H2,(H,20,22). The number of aryl methyl sites for hydroxylation is 3. The minimum atomic E-state index is -0.146. The number of carbonyl (C=O) groups excluding carboxylic acids is 1. The maximum atomic E-state index is 12.1. The fraction of sp³-hybridized carbons (Fsp3) is 0.412. The molecule has 6 heteroatoms. The van der Waals surface area contributed by atoms with Crippen LogP contribution in [-0.4, -0.2) is 17.4 Å². The van der Waals surface area contributed by atoms with Crippen LogP contribution < -0.4 is 5.32 Å². The van der Waals surface area contributed by atoms with Crippen molar-refractivity contribution in [2.75, 3.05) is 6.54 Å². The molecule has 0 radical (unpaired) electrons. The highest BCUT2D eigenvalue weighted by Crippen LogP contribution is 2.27. The third kappa shape index (κ3) is 4.46. The van der Waals surface area contributed by atoms with Gasteiger partial charge in [-0.1, -0.05) is 23.2 Å². The van der Waals surface area contributed by atoms with Crippen LogP contribution in [0.5, 0.6) is 0 Å². The second-order valence-corrected chi connectivity index (χ2v) is 7.74. The van der Waals surface area contributed by atoms with E-state index in [4.69, 9.17) is 28.2 Å². The lowest BCUT2D eigenvalue weighted by molar-refractivity contribution is 0.0953. The first kappa shape index (κ1) is 16.7. The molecule has 1 aromatic heterocycles. The monoisotopic (exact) mass is 368 g/mol. The highest BCUT2D eigenvalue weighted by molar-refractivity contribution is 7.11. The zero-order valence-corrected chi connectivity index (χ0v) is 15.0. The van der Waals surface area contributed by atoms with E-state index in [0.29, 0.717) is 22.2 Å². The average molecular weight is 369 g/mol. The molecule has 1 aliphatic rings. The summed E-state index contributed by atoms with van der Waals surface area (Å²) in [5, 5.41) is 5.03. The Balaban J connectivity index is 1.47. The van der Waals surface area contributed by atoms with E-state index in [2.05, 4.69) is 5.32 Å². The normalized spacial score (nSPS) is 13.7. The number of fused-ring (bicyclic) bond motifs is 1. The lowest BCUT2D eigenvalue weighted by Crippen LogP contribution is -2.24. The van der Waals surface area contributed by atoms with Crippen LogP contribution in [-0.2, 0) is 19.3 Å². The molecule has 1 heterocycles. The molecule has 1 N–H and O–H groups in total. The third-order valence-corrected chi connectivity index (χ3v) is 5.52. The first-order valence-corrected chi connectivity index (χ1v) is 9.41.